The van der Waals surface area contributed by atoms with Gasteiger partial charge in [0.15, 0.2) is 0 Å². The Labute approximate surface area is 121 Å². The topological polar surface area (TPSA) is 32.7 Å². The van der Waals surface area contributed by atoms with Crippen molar-refractivity contribution in [1.29, 1.82) is 0 Å². The number of nitrogens with zero attached hydrogens (tertiary/aromatic N) is 1. The van der Waals surface area contributed by atoms with Crippen LogP contribution in [-0.4, -0.2) is 48.0 Å². The Balaban J connectivity index is 1.61. The van der Waals surface area contributed by atoms with Crippen LogP contribution in [0.4, 0.5) is 0 Å². The van der Waals surface area contributed by atoms with Gasteiger partial charge in [-0.05, 0) is 43.7 Å². The zero-order valence-corrected chi connectivity index (χ0v) is 12.3. The lowest BCUT2D eigenvalue weighted by Crippen LogP contribution is -2.43. The fraction of sp³-hybridized carbons (Fsp3) is 0.647. The second kappa shape index (κ2) is 6.25. The lowest BCUT2D eigenvalue weighted by Gasteiger charge is -2.30. The van der Waals surface area contributed by atoms with Crippen LogP contribution >= 0.6 is 0 Å². The summed E-state index contributed by atoms with van der Waals surface area (Å²) in [6, 6.07) is 10.0. The zero-order chi connectivity index (χ0) is 13.9. The number of fused-ring (bicyclic) bond motifs is 1. The van der Waals surface area contributed by atoms with Crippen LogP contribution in [-0.2, 0) is 17.6 Å². The monoisotopic (exact) mass is 275 g/mol. The third kappa shape index (κ3) is 3.22. The van der Waals surface area contributed by atoms with Crippen molar-refractivity contribution in [3.05, 3.63) is 35.4 Å². The molecule has 3 heteroatoms. The van der Waals surface area contributed by atoms with Crippen molar-refractivity contribution in [3.63, 3.8) is 0 Å². The van der Waals surface area contributed by atoms with E-state index in [0.717, 1.165) is 19.4 Å². The van der Waals surface area contributed by atoms with Gasteiger partial charge in [0.2, 0.25) is 0 Å². The summed E-state index contributed by atoms with van der Waals surface area (Å²) in [6.45, 7) is 3.86. The molecule has 1 aromatic rings. The minimum Gasteiger partial charge on any atom is -0.389 e. The average Bonchev–Trinajstić information content (AvgIpc) is 3.20. The normalized spacial score (nSPS) is 20.4. The van der Waals surface area contributed by atoms with Crippen molar-refractivity contribution < 1.29 is 9.84 Å². The van der Waals surface area contributed by atoms with E-state index >= 15 is 0 Å². The molecule has 3 nitrogen and oxygen atoms in total. The van der Waals surface area contributed by atoms with Gasteiger partial charge in [-0.2, -0.15) is 0 Å². The van der Waals surface area contributed by atoms with E-state index < -0.39 is 0 Å². The summed E-state index contributed by atoms with van der Waals surface area (Å²) in [5, 5.41) is 10.1. The summed E-state index contributed by atoms with van der Waals surface area (Å²) in [4.78, 5) is 2.53. The van der Waals surface area contributed by atoms with E-state index in [1.807, 2.05) is 6.92 Å². The second-order valence-corrected chi connectivity index (χ2v) is 6.07. The third-order valence-electron chi connectivity index (χ3n) is 4.45. The average molecular weight is 275 g/mol. The highest BCUT2D eigenvalue weighted by molar-refractivity contribution is 5.33. The third-order valence-corrected chi connectivity index (χ3v) is 4.45. The van der Waals surface area contributed by atoms with Crippen molar-refractivity contribution in [1.82, 2.24) is 4.90 Å². The van der Waals surface area contributed by atoms with Crippen LogP contribution in [0.25, 0.3) is 0 Å². The van der Waals surface area contributed by atoms with Crippen LogP contribution in [0, 0.1) is 0 Å². The summed E-state index contributed by atoms with van der Waals surface area (Å²) in [6.07, 6.45) is 4.48. The Morgan fingerprint density at radius 3 is 2.40 bits per heavy atom. The van der Waals surface area contributed by atoms with E-state index in [4.69, 9.17) is 4.74 Å². The predicted octanol–water partition coefficient (Wildman–Crippen LogP) is 2.02. The molecule has 0 aliphatic heterocycles. The van der Waals surface area contributed by atoms with E-state index in [1.165, 1.54) is 24.0 Å². The lowest BCUT2D eigenvalue weighted by molar-refractivity contribution is 0.0108. The van der Waals surface area contributed by atoms with Crippen LogP contribution in [0.3, 0.4) is 0 Å². The minimum absolute atomic E-state index is 0.362. The van der Waals surface area contributed by atoms with Gasteiger partial charge in [-0.3, -0.25) is 4.90 Å². The van der Waals surface area contributed by atoms with Gasteiger partial charge >= 0.3 is 0 Å². The quantitative estimate of drug-likeness (QED) is 0.826. The molecule has 1 fully saturated rings. The molecule has 110 valence electrons. The standard InChI is InChI=1S/C17H25NO2/c1-2-20-12-17(19)11-18(15-7-8-15)16-9-13-5-3-4-6-14(13)10-16/h3-6,15-17,19H,2,7-12H2,1H3/t17-/m0/s1. The maximum Gasteiger partial charge on any atom is 0.0900 e. The van der Waals surface area contributed by atoms with Crippen LogP contribution < -0.4 is 0 Å². The molecule has 1 atom stereocenters. The van der Waals surface area contributed by atoms with E-state index in [9.17, 15) is 5.11 Å². The fourth-order valence-corrected chi connectivity index (χ4v) is 3.32. The Bertz CT molecular complexity index is 419. The first-order chi connectivity index (χ1) is 9.78. The summed E-state index contributed by atoms with van der Waals surface area (Å²) in [7, 11) is 0. The van der Waals surface area contributed by atoms with Crippen LogP contribution in [0.5, 0.6) is 0 Å². The van der Waals surface area contributed by atoms with Gasteiger partial charge in [0.05, 0.1) is 12.7 Å². The second-order valence-electron chi connectivity index (χ2n) is 6.07. The fourth-order valence-electron chi connectivity index (χ4n) is 3.32. The van der Waals surface area contributed by atoms with Crippen molar-refractivity contribution in [2.45, 2.75) is 50.8 Å². The van der Waals surface area contributed by atoms with Gasteiger partial charge in [-0.25, -0.2) is 0 Å². The molecule has 0 heterocycles. The summed E-state index contributed by atoms with van der Waals surface area (Å²) < 4.78 is 5.34. The van der Waals surface area contributed by atoms with Crippen LogP contribution in [0.15, 0.2) is 24.3 Å². The minimum atomic E-state index is -0.362. The molecule has 1 aromatic carbocycles. The number of hydrogen-bond acceptors (Lipinski definition) is 3. The number of benzene rings is 1. The van der Waals surface area contributed by atoms with Crippen LogP contribution in [0.2, 0.25) is 0 Å². The highest BCUT2D eigenvalue weighted by Gasteiger charge is 2.37. The summed E-state index contributed by atoms with van der Waals surface area (Å²) >= 11 is 0. The molecular weight excluding hydrogens is 250 g/mol. The van der Waals surface area contributed by atoms with Gasteiger partial charge in [0.25, 0.3) is 0 Å². The molecule has 0 spiro atoms. The number of rotatable bonds is 7. The number of aliphatic hydroxyl groups is 1. The molecule has 20 heavy (non-hydrogen) atoms. The SMILES string of the molecule is CCOC[C@@H](O)CN(C1CC1)C1Cc2ccccc2C1. The first-order valence-corrected chi connectivity index (χ1v) is 7.86. The van der Waals surface area contributed by atoms with Gasteiger partial charge in [-0.15, -0.1) is 0 Å². The molecular formula is C17H25NO2. The molecule has 2 aliphatic rings. The zero-order valence-electron chi connectivity index (χ0n) is 12.3. The number of ether oxygens (including phenoxy) is 1. The molecule has 0 radical (unpaired) electrons. The van der Waals surface area contributed by atoms with Crippen molar-refractivity contribution in [2.24, 2.45) is 0 Å². The van der Waals surface area contributed by atoms with E-state index in [0.29, 0.717) is 25.3 Å². The number of aliphatic hydroxyl groups excluding tert-OH is 1. The van der Waals surface area contributed by atoms with Crippen LogP contribution in [0.1, 0.15) is 30.9 Å². The maximum atomic E-state index is 10.1. The van der Waals surface area contributed by atoms with Crippen molar-refractivity contribution in [2.75, 3.05) is 19.8 Å². The molecule has 0 unspecified atom stereocenters. The molecule has 3 rings (SSSR count). The van der Waals surface area contributed by atoms with E-state index in [1.54, 1.807) is 0 Å². The highest BCUT2D eigenvalue weighted by atomic mass is 16.5. The van der Waals surface area contributed by atoms with E-state index in [2.05, 4.69) is 29.2 Å². The summed E-state index contributed by atoms with van der Waals surface area (Å²) in [5.41, 5.74) is 2.98. The molecule has 0 amide bonds. The Morgan fingerprint density at radius 1 is 1.20 bits per heavy atom. The molecule has 0 bridgehead atoms. The maximum absolute atomic E-state index is 10.1. The Kier molecular flexibility index (Phi) is 4.39. The first-order valence-electron chi connectivity index (χ1n) is 7.86. The van der Waals surface area contributed by atoms with Gasteiger partial charge in [0.1, 0.15) is 0 Å². The molecule has 1 N–H and O–H groups in total. The van der Waals surface area contributed by atoms with Gasteiger partial charge in [-0.1, -0.05) is 24.3 Å². The molecule has 2 aliphatic carbocycles. The van der Waals surface area contributed by atoms with Gasteiger partial charge in [0, 0.05) is 25.2 Å². The molecule has 0 saturated heterocycles. The predicted molar refractivity (Wildman–Crippen MR) is 79.9 cm³/mol. The van der Waals surface area contributed by atoms with Crippen molar-refractivity contribution in [3.8, 4) is 0 Å². The van der Waals surface area contributed by atoms with E-state index in [-0.39, 0.29) is 6.10 Å². The largest absolute Gasteiger partial charge is 0.389 e. The molecule has 0 aromatic heterocycles. The van der Waals surface area contributed by atoms with Gasteiger partial charge < -0.3 is 9.84 Å². The highest BCUT2D eigenvalue weighted by Crippen LogP contribution is 2.34. The Morgan fingerprint density at radius 2 is 1.85 bits per heavy atom. The smallest absolute Gasteiger partial charge is 0.0900 e. The lowest BCUT2D eigenvalue weighted by atomic mass is 10.1. The first kappa shape index (κ1) is 14.1. The number of hydrogen-bond donors (Lipinski definition) is 1. The molecule has 1 saturated carbocycles. The Hall–Kier alpha value is -0.900. The van der Waals surface area contributed by atoms with Crippen molar-refractivity contribution >= 4 is 0 Å². The summed E-state index contributed by atoms with van der Waals surface area (Å²) in [5.74, 6) is 0.